The number of hydrogen-bond donors (Lipinski definition) is 0. The Hall–Kier alpha value is -2.29. The number of benzene rings is 2. The van der Waals surface area contributed by atoms with Crippen LogP contribution in [0.2, 0.25) is 0 Å². The molecular formula is C18H20N2O. The van der Waals surface area contributed by atoms with Crippen LogP contribution >= 0.6 is 0 Å². The van der Waals surface area contributed by atoms with E-state index >= 15 is 0 Å². The van der Waals surface area contributed by atoms with Gasteiger partial charge in [0, 0.05) is 13.6 Å². The molecule has 1 aromatic heterocycles. The lowest BCUT2D eigenvalue weighted by molar-refractivity contribution is 0.615. The first kappa shape index (κ1) is 13.7. The molecule has 3 aromatic rings. The van der Waals surface area contributed by atoms with E-state index in [-0.39, 0.29) is 5.69 Å². The molecule has 108 valence electrons. The fourth-order valence-electron chi connectivity index (χ4n) is 2.75. The molecule has 0 atom stereocenters. The minimum atomic E-state index is 0.0728. The van der Waals surface area contributed by atoms with E-state index in [0.717, 1.165) is 36.0 Å². The van der Waals surface area contributed by atoms with Crippen LogP contribution in [0.4, 0.5) is 0 Å². The summed E-state index contributed by atoms with van der Waals surface area (Å²) in [5.74, 6) is 0. The highest BCUT2D eigenvalue weighted by molar-refractivity contribution is 5.82. The van der Waals surface area contributed by atoms with Gasteiger partial charge in [0.2, 0.25) is 0 Å². The van der Waals surface area contributed by atoms with Crippen LogP contribution in [0.15, 0.2) is 53.3 Å². The topological polar surface area (TPSA) is 26.9 Å². The van der Waals surface area contributed by atoms with Crippen LogP contribution in [0.25, 0.3) is 22.2 Å². The first-order valence-electron chi connectivity index (χ1n) is 7.47. The van der Waals surface area contributed by atoms with Gasteiger partial charge in [-0.05, 0) is 29.7 Å². The number of imidazole rings is 1. The quantitative estimate of drug-likeness (QED) is 0.714. The first-order valence-corrected chi connectivity index (χ1v) is 7.47. The predicted molar refractivity (Wildman–Crippen MR) is 87.5 cm³/mol. The Morgan fingerprint density at radius 2 is 1.71 bits per heavy atom. The van der Waals surface area contributed by atoms with Crippen molar-refractivity contribution in [1.82, 2.24) is 9.13 Å². The second-order valence-corrected chi connectivity index (χ2v) is 5.42. The summed E-state index contributed by atoms with van der Waals surface area (Å²) in [5.41, 5.74) is 4.41. The average molecular weight is 280 g/mol. The van der Waals surface area contributed by atoms with Gasteiger partial charge in [0.05, 0.1) is 11.0 Å². The van der Waals surface area contributed by atoms with Gasteiger partial charge in [0.15, 0.2) is 0 Å². The van der Waals surface area contributed by atoms with Gasteiger partial charge in [0.25, 0.3) is 0 Å². The number of fused-ring (bicyclic) bond motifs is 1. The van der Waals surface area contributed by atoms with Crippen molar-refractivity contribution in [1.29, 1.82) is 0 Å². The average Bonchev–Trinajstić information content (AvgIpc) is 2.77. The van der Waals surface area contributed by atoms with Crippen molar-refractivity contribution in [3.63, 3.8) is 0 Å². The highest BCUT2D eigenvalue weighted by Crippen LogP contribution is 2.23. The third-order valence-corrected chi connectivity index (χ3v) is 3.99. The maximum Gasteiger partial charge on any atom is 0.328 e. The van der Waals surface area contributed by atoms with Crippen LogP contribution in [-0.2, 0) is 13.6 Å². The number of nitrogens with zero attached hydrogens (tertiary/aromatic N) is 2. The molecule has 3 heteroatoms. The van der Waals surface area contributed by atoms with E-state index in [2.05, 4.69) is 37.3 Å². The third-order valence-electron chi connectivity index (χ3n) is 3.99. The lowest BCUT2D eigenvalue weighted by Gasteiger charge is -2.04. The Labute approximate surface area is 124 Å². The number of aryl methyl sites for hydroxylation is 2. The molecule has 0 radical (unpaired) electrons. The van der Waals surface area contributed by atoms with Gasteiger partial charge in [0.1, 0.15) is 0 Å². The highest BCUT2D eigenvalue weighted by Gasteiger charge is 2.11. The monoisotopic (exact) mass is 280 g/mol. The molecule has 0 amide bonds. The van der Waals surface area contributed by atoms with Crippen LogP contribution < -0.4 is 5.69 Å². The summed E-state index contributed by atoms with van der Waals surface area (Å²) in [5, 5.41) is 0. The van der Waals surface area contributed by atoms with E-state index in [1.54, 1.807) is 4.57 Å². The molecule has 0 aliphatic rings. The standard InChI is InChI=1S/C18H20N2O/c1-3-4-12-20-16-11-10-15(14-8-6-5-7-9-14)13-17(16)19(2)18(20)21/h5-11,13H,3-4,12H2,1-2H3. The minimum absolute atomic E-state index is 0.0728. The predicted octanol–water partition coefficient (Wildman–Crippen LogP) is 3.81. The van der Waals surface area contributed by atoms with E-state index in [9.17, 15) is 4.79 Å². The minimum Gasteiger partial charge on any atom is -0.295 e. The van der Waals surface area contributed by atoms with E-state index in [1.165, 1.54) is 5.56 Å². The fourth-order valence-corrected chi connectivity index (χ4v) is 2.75. The second-order valence-electron chi connectivity index (χ2n) is 5.42. The smallest absolute Gasteiger partial charge is 0.295 e. The molecule has 0 saturated carbocycles. The van der Waals surface area contributed by atoms with Gasteiger partial charge in [-0.2, -0.15) is 0 Å². The molecule has 21 heavy (non-hydrogen) atoms. The summed E-state index contributed by atoms with van der Waals surface area (Å²) < 4.78 is 3.63. The molecule has 0 unspecified atom stereocenters. The summed E-state index contributed by atoms with van der Waals surface area (Å²) in [6, 6.07) is 16.5. The summed E-state index contributed by atoms with van der Waals surface area (Å²) in [7, 11) is 1.85. The zero-order valence-corrected chi connectivity index (χ0v) is 12.5. The molecule has 0 fully saturated rings. The van der Waals surface area contributed by atoms with Crippen LogP contribution in [-0.4, -0.2) is 9.13 Å². The third kappa shape index (κ3) is 2.40. The summed E-state index contributed by atoms with van der Waals surface area (Å²) in [6.07, 6.45) is 2.12. The van der Waals surface area contributed by atoms with Crippen molar-refractivity contribution in [2.75, 3.05) is 0 Å². The highest BCUT2D eigenvalue weighted by atomic mass is 16.1. The van der Waals surface area contributed by atoms with Crippen molar-refractivity contribution in [3.05, 3.63) is 59.0 Å². The maximum absolute atomic E-state index is 12.4. The summed E-state index contributed by atoms with van der Waals surface area (Å²) in [6.45, 7) is 2.93. The van der Waals surface area contributed by atoms with Crippen molar-refractivity contribution in [2.24, 2.45) is 7.05 Å². The Morgan fingerprint density at radius 1 is 0.952 bits per heavy atom. The number of hydrogen-bond acceptors (Lipinski definition) is 1. The van der Waals surface area contributed by atoms with Crippen molar-refractivity contribution < 1.29 is 0 Å². The largest absolute Gasteiger partial charge is 0.328 e. The zero-order chi connectivity index (χ0) is 14.8. The van der Waals surface area contributed by atoms with Crippen LogP contribution in [0.3, 0.4) is 0 Å². The van der Waals surface area contributed by atoms with Gasteiger partial charge in [-0.3, -0.25) is 9.13 Å². The molecule has 0 aliphatic heterocycles. The molecule has 1 heterocycles. The molecule has 0 aliphatic carbocycles. The van der Waals surface area contributed by atoms with Crippen LogP contribution in [0.5, 0.6) is 0 Å². The molecule has 2 aromatic carbocycles. The zero-order valence-electron chi connectivity index (χ0n) is 12.5. The molecule has 0 saturated heterocycles. The van der Waals surface area contributed by atoms with Crippen molar-refractivity contribution in [3.8, 4) is 11.1 Å². The van der Waals surface area contributed by atoms with E-state index in [0.29, 0.717) is 0 Å². The van der Waals surface area contributed by atoms with Crippen molar-refractivity contribution in [2.45, 2.75) is 26.3 Å². The van der Waals surface area contributed by atoms with Crippen molar-refractivity contribution >= 4 is 11.0 Å². The molecular weight excluding hydrogens is 260 g/mol. The Morgan fingerprint density at radius 3 is 2.43 bits per heavy atom. The van der Waals surface area contributed by atoms with Gasteiger partial charge >= 0.3 is 5.69 Å². The van der Waals surface area contributed by atoms with E-state index < -0.39 is 0 Å². The second kappa shape index (κ2) is 5.60. The molecule has 0 N–H and O–H groups in total. The number of aromatic nitrogens is 2. The fraction of sp³-hybridized carbons (Fsp3) is 0.278. The molecule has 3 nitrogen and oxygen atoms in total. The Bertz CT molecular complexity index is 812. The number of unbranched alkanes of at least 4 members (excludes halogenated alkanes) is 1. The summed E-state index contributed by atoms with van der Waals surface area (Å²) >= 11 is 0. The van der Waals surface area contributed by atoms with Gasteiger partial charge in [-0.1, -0.05) is 49.7 Å². The first-order chi connectivity index (χ1) is 10.2. The van der Waals surface area contributed by atoms with Gasteiger partial charge in [-0.25, -0.2) is 4.79 Å². The summed E-state index contributed by atoms with van der Waals surface area (Å²) in [4.78, 5) is 12.4. The van der Waals surface area contributed by atoms with Gasteiger partial charge < -0.3 is 0 Å². The SMILES string of the molecule is CCCCn1c(=O)n(C)c2cc(-c3ccccc3)ccc21. The number of rotatable bonds is 4. The molecule has 3 rings (SSSR count). The Kier molecular flexibility index (Phi) is 3.65. The van der Waals surface area contributed by atoms with Crippen LogP contribution in [0.1, 0.15) is 19.8 Å². The van der Waals surface area contributed by atoms with Crippen LogP contribution in [0, 0.1) is 0 Å². The van der Waals surface area contributed by atoms with E-state index in [4.69, 9.17) is 0 Å². The van der Waals surface area contributed by atoms with E-state index in [1.807, 2.05) is 29.8 Å². The Balaban J connectivity index is 2.15. The molecule has 0 bridgehead atoms. The lowest BCUT2D eigenvalue weighted by Crippen LogP contribution is -2.22. The van der Waals surface area contributed by atoms with Gasteiger partial charge in [-0.15, -0.1) is 0 Å². The maximum atomic E-state index is 12.4. The normalized spacial score (nSPS) is 11.1. The lowest BCUT2D eigenvalue weighted by atomic mass is 10.1. The molecule has 0 spiro atoms.